The maximum Gasteiger partial charge on any atom is 0.351 e. The van der Waals surface area contributed by atoms with Crippen molar-refractivity contribution in [2.24, 2.45) is 0 Å². The number of carbonyl (C=O) groups is 2. The highest BCUT2D eigenvalue weighted by atomic mass is 16.6. The van der Waals surface area contributed by atoms with Crippen LogP contribution in [0.1, 0.15) is 26.9 Å². The van der Waals surface area contributed by atoms with E-state index in [1.807, 2.05) is 0 Å². The predicted molar refractivity (Wildman–Crippen MR) is 116 cm³/mol. The zero-order valence-electron chi connectivity index (χ0n) is 17.7. The molecule has 1 aliphatic heterocycles. The summed E-state index contributed by atoms with van der Waals surface area (Å²) in [7, 11) is 0. The van der Waals surface area contributed by atoms with Crippen LogP contribution in [0.4, 0.5) is 5.82 Å². The summed E-state index contributed by atoms with van der Waals surface area (Å²) < 4.78 is 17.6. The smallest absolute Gasteiger partial charge is 0.351 e. The van der Waals surface area contributed by atoms with Crippen LogP contribution in [0.25, 0.3) is 0 Å². The highest BCUT2D eigenvalue weighted by Gasteiger charge is 2.48. The maximum atomic E-state index is 12.6. The number of carbonyl (C=O) groups excluding carboxylic acids is 2. The molecule has 0 amide bonds. The number of aromatic nitrogens is 2. The van der Waals surface area contributed by atoms with Gasteiger partial charge in [-0.15, -0.1) is 0 Å². The third-order valence-electron chi connectivity index (χ3n) is 5.17. The van der Waals surface area contributed by atoms with Gasteiger partial charge in [0, 0.05) is 6.20 Å². The number of aliphatic hydroxyl groups excluding tert-OH is 1. The van der Waals surface area contributed by atoms with Crippen molar-refractivity contribution in [3.05, 3.63) is 94.5 Å². The second-order valence-corrected chi connectivity index (χ2v) is 7.37. The molecule has 34 heavy (non-hydrogen) atoms. The standard InChI is InChI=1S/C23H21N3O8/c27-18-16(13-32-21(28)14-7-3-1-4-8-14)33-20(26-12-11-17(25-31)24-23(26)30)19(18)34-22(29)15-9-5-2-6-10-15/h1-12,16,18-20,27,31H,13H2,(H,24,25,30)/t16-,18-,19-,20-/m1/s1. The van der Waals surface area contributed by atoms with E-state index in [4.69, 9.17) is 19.4 Å². The first-order valence-corrected chi connectivity index (χ1v) is 10.3. The average molecular weight is 467 g/mol. The van der Waals surface area contributed by atoms with Crippen LogP contribution in [0.15, 0.2) is 77.7 Å². The van der Waals surface area contributed by atoms with Gasteiger partial charge in [0.05, 0.1) is 11.1 Å². The van der Waals surface area contributed by atoms with E-state index in [1.165, 1.54) is 24.4 Å². The molecule has 2 aromatic carbocycles. The second-order valence-electron chi connectivity index (χ2n) is 7.37. The summed E-state index contributed by atoms with van der Waals surface area (Å²) in [5.41, 5.74) is 1.47. The van der Waals surface area contributed by atoms with E-state index in [-0.39, 0.29) is 18.0 Å². The molecule has 0 bridgehead atoms. The normalized spacial score (nSPS) is 21.6. The summed E-state index contributed by atoms with van der Waals surface area (Å²) >= 11 is 0. The van der Waals surface area contributed by atoms with Gasteiger partial charge in [0.2, 0.25) is 0 Å². The monoisotopic (exact) mass is 467 g/mol. The van der Waals surface area contributed by atoms with Gasteiger partial charge in [-0.25, -0.2) is 14.4 Å². The first-order valence-electron chi connectivity index (χ1n) is 10.3. The van der Waals surface area contributed by atoms with Gasteiger partial charge in [0.25, 0.3) is 0 Å². The number of anilines is 1. The fraction of sp³-hybridized carbons (Fsp3) is 0.217. The molecule has 1 fully saturated rings. The van der Waals surface area contributed by atoms with Crippen LogP contribution in [0, 0.1) is 0 Å². The third-order valence-corrected chi connectivity index (χ3v) is 5.17. The molecule has 1 aromatic heterocycles. The summed E-state index contributed by atoms with van der Waals surface area (Å²) in [6.07, 6.45) is -3.86. The minimum Gasteiger partial charge on any atom is -0.459 e. The van der Waals surface area contributed by atoms with Crippen molar-refractivity contribution >= 4 is 17.8 Å². The van der Waals surface area contributed by atoms with Crippen molar-refractivity contribution in [2.75, 3.05) is 12.1 Å². The minimum absolute atomic E-state index is 0.106. The maximum absolute atomic E-state index is 12.6. The molecule has 1 aliphatic rings. The SMILES string of the molecule is O=C(OC[C@H]1O[C@@H](n2ccc(NO)nc2=O)[C@H](OC(=O)c2ccccc2)[C@@H]1O)c1ccccc1. The number of aliphatic hydroxyl groups is 1. The average Bonchev–Trinajstić information content (AvgIpc) is 3.18. The largest absolute Gasteiger partial charge is 0.459 e. The summed E-state index contributed by atoms with van der Waals surface area (Å²) in [6.45, 7) is -0.358. The van der Waals surface area contributed by atoms with Gasteiger partial charge >= 0.3 is 17.6 Å². The molecule has 11 nitrogen and oxygen atoms in total. The number of nitrogens with one attached hydrogen (secondary N) is 1. The molecular formula is C23H21N3O8. The van der Waals surface area contributed by atoms with E-state index in [9.17, 15) is 19.5 Å². The van der Waals surface area contributed by atoms with Crippen molar-refractivity contribution in [1.29, 1.82) is 0 Å². The lowest BCUT2D eigenvalue weighted by molar-refractivity contribution is -0.0635. The number of esters is 2. The Morgan fingerprint density at radius 3 is 2.21 bits per heavy atom. The van der Waals surface area contributed by atoms with Gasteiger partial charge in [0.1, 0.15) is 18.8 Å². The van der Waals surface area contributed by atoms with Crippen molar-refractivity contribution in [3.63, 3.8) is 0 Å². The predicted octanol–water partition coefficient (Wildman–Crippen LogP) is 1.39. The first kappa shape index (κ1) is 23.1. The van der Waals surface area contributed by atoms with Crippen molar-refractivity contribution < 1.29 is 34.1 Å². The second kappa shape index (κ2) is 10.3. The molecule has 4 atom stereocenters. The highest BCUT2D eigenvalue weighted by molar-refractivity contribution is 5.89. The Morgan fingerprint density at radius 2 is 1.62 bits per heavy atom. The summed E-state index contributed by atoms with van der Waals surface area (Å²) in [6, 6.07) is 17.6. The molecule has 0 spiro atoms. The van der Waals surface area contributed by atoms with Gasteiger partial charge in [0.15, 0.2) is 18.1 Å². The Labute approximate surface area is 193 Å². The van der Waals surface area contributed by atoms with Crippen LogP contribution in [0.5, 0.6) is 0 Å². The molecule has 0 unspecified atom stereocenters. The van der Waals surface area contributed by atoms with Gasteiger partial charge in [-0.1, -0.05) is 36.4 Å². The molecule has 11 heteroatoms. The number of rotatable bonds is 7. The summed E-state index contributed by atoms with van der Waals surface area (Å²) in [5, 5.41) is 19.8. The summed E-state index contributed by atoms with van der Waals surface area (Å²) in [4.78, 5) is 41.0. The Bertz CT molecular complexity index is 1200. The molecule has 4 rings (SSSR count). The molecule has 3 aromatic rings. The van der Waals surface area contributed by atoms with Crippen molar-refractivity contribution in [2.45, 2.75) is 24.5 Å². The topological polar surface area (TPSA) is 149 Å². The number of hydrogen-bond acceptors (Lipinski definition) is 10. The quantitative estimate of drug-likeness (QED) is 0.344. The molecule has 0 radical (unpaired) electrons. The van der Waals surface area contributed by atoms with E-state index in [0.29, 0.717) is 5.56 Å². The Hall–Kier alpha value is -4.06. The number of ether oxygens (including phenoxy) is 3. The van der Waals surface area contributed by atoms with E-state index in [1.54, 1.807) is 54.0 Å². The molecular weight excluding hydrogens is 446 g/mol. The zero-order chi connectivity index (χ0) is 24.1. The van der Waals surface area contributed by atoms with Crippen molar-refractivity contribution in [1.82, 2.24) is 9.55 Å². The van der Waals surface area contributed by atoms with E-state index >= 15 is 0 Å². The minimum atomic E-state index is -1.43. The molecule has 1 saturated heterocycles. The van der Waals surface area contributed by atoms with E-state index < -0.39 is 42.2 Å². The number of benzene rings is 2. The van der Waals surface area contributed by atoms with Crippen LogP contribution < -0.4 is 11.2 Å². The lowest BCUT2D eigenvalue weighted by Crippen LogP contribution is -2.39. The Kier molecular flexibility index (Phi) is 6.97. The fourth-order valence-electron chi connectivity index (χ4n) is 3.46. The van der Waals surface area contributed by atoms with Crippen LogP contribution in [-0.4, -0.2) is 56.7 Å². The lowest BCUT2D eigenvalue weighted by atomic mass is 10.1. The molecule has 2 heterocycles. The van der Waals surface area contributed by atoms with Crippen LogP contribution >= 0.6 is 0 Å². The Morgan fingerprint density at radius 1 is 1.00 bits per heavy atom. The first-order chi connectivity index (χ1) is 16.5. The zero-order valence-corrected chi connectivity index (χ0v) is 17.7. The molecule has 0 saturated carbocycles. The van der Waals surface area contributed by atoms with Crippen LogP contribution in [0.3, 0.4) is 0 Å². The van der Waals surface area contributed by atoms with Gasteiger partial charge < -0.3 is 19.3 Å². The third kappa shape index (κ3) is 4.96. The fourth-order valence-corrected chi connectivity index (χ4v) is 3.46. The van der Waals surface area contributed by atoms with Gasteiger partial charge in [-0.3, -0.25) is 15.3 Å². The Balaban J connectivity index is 1.56. The number of nitrogens with zero attached hydrogens (tertiary/aromatic N) is 2. The molecule has 0 aliphatic carbocycles. The number of hydrogen-bond donors (Lipinski definition) is 3. The molecule has 3 N–H and O–H groups in total. The molecule has 176 valence electrons. The van der Waals surface area contributed by atoms with Crippen LogP contribution in [-0.2, 0) is 14.2 Å². The highest BCUT2D eigenvalue weighted by Crippen LogP contribution is 2.32. The van der Waals surface area contributed by atoms with Crippen LogP contribution in [0.2, 0.25) is 0 Å². The van der Waals surface area contributed by atoms with Gasteiger partial charge in [-0.05, 0) is 30.3 Å². The van der Waals surface area contributed by atoms with E-state index in [0.717, 1.165) is 4.57 Å². The summed E-state index contributed by atoms with van der Waals surface area (Å²) in [5.74, 6) is -1.48. The lowest BCUT2D eigenvalue weighted by Gasteiger charge is -2.22. The van der Waals surface area contributed by atoms with E-state index in [2.05, 4.69) is 4.98 Å². The van der Waals surface area contributed by atoms with Gasteiger partial charge in [-0.2, -0.15) is 4.98 Å². The van der Waals surface area contributed by atoms with Crippen molar-refractivity contribution in [3.8, 4) is 0 Å².